The van der Waals surface area contributed by atoms with Crippen LogP contribution in [0.3, 0.4) is 0 Å². The topological polar surface area (TPSA) is 38.5 Å². The number of likely N-dealkylation sites (tertiary alicyclic amines) is 1. The van der Waals surface area contributed by atoms with E-state index in [2.05, 4.69) is 24.0 Å². The quantitative estimate of drug-likeness (QED) is 0.889. The summed E-state index contributed by atoms with van der Waals surface area (Å²) in [6.45, 7) is 5.34. The van der Waals surface area contributed by atoms with Gasteiger partial charge in [-0.3, -0.25) is 4.90 Å². The van der Waals surface area contributed by atoms with Gasteiger partial charge in [-0.25, -0.2) is 0 Å². The molecule has 18 heavy (non-hydrogen) atoms. The highest BCUT2D eigenvalue weighted by Gasteiger charge is 2.23. The molecule has 2 N–H and O–H groups in total. The fraction of sp³-hybridized carbons (Fsp3) is 0.600. The fourth-order valence-electron chi connectivity index (χ4n) is 2.66. The van der Waals surface area contributed by atoms with Crippen LogP contribution in [0, 0.1) is 5.92 Å². The molecule has 1 unspecified atom stereocenters. The Labute approximate surface area is 110 Å². The minimum Gasteiger partial charge on any atom is -0.497 e. The Bertz CT molecular complexity index is 355. The van der Waals surface area contributed by atoms with Crippen LogP contribution in [0.5, 0.6) is 5.75 Å². The Morgan fingerprint density at radius 3 is 2.39 bits per heavy atom. The monoisotopic (exact) mass is 248 g/mol. The molecule has 1 atom stereocenters. The van der Waals surface area contributed by atoms with Crippen LogP contribution >= 0.6 is 0 Å². The molecule has 1 aromatic rings. The van der Waals surface area contributed by atoms with Crippen molar-refractivity contribution in [1.29, 1.82) is 0 Å². The van der Waals surface area contributed by atoms with Gasteiger partial charge in [-0.05, 0) is 49.5 Å². The van der Waals surface area contributed by atoms with Crippen molar-refractivity contribution in [3.63, 3.8) is 0 Å². The van der Waals surface area contributed by atoms with E-state index in [0.29, 0.717) is 12.6 Å². The third kappa shape index (κ3) is 3.03. The molecule has 0 amide bonds. The molecule has 0 saturated carbocycles. The molecule has 3 nitrogen and oxygen atoms in total. The zero-order chi connectivity index (χ0) is 13.0. The van der Waals surface area contributed by atoms with E-state index in [1.54, 1.807) is 7.11 Å². The first-order valence-electron chi connectivity index (χ1n) is 6.82. The molecule has 1 aliphatic rings. The smallest absolute Gasteiger partial charge is 0.118 e. The van der Waals surface area contributed by atoms with E-state index in [0.717, 1.165) is 24.8 Å². The van der Waals surface area contributed by atoms with Crippen LogP contribution < -0.4 is 10.5 Å². The molecule has 0 aliphatic carbocycles. The van der Waals surface area contributed by atoms with Crippen LogP contribution in [0.15, 0.2) is 24.3 Å². The SMILES string of the molecule is COc1ccc(C(CN)N2CCC(C)CC2)cc1. The second-order valence-electron chi connectivity index (χ2n) is 5.24. The van der Waals surface area contributed by atoms with Gasteiger partial charge in [0, 0.05) is 12.6 Å². The van der Waals surface area contributed by atoms with Gasteiger partial charge in [0.05, 0.1) is 7.11 Å². The van der Waals surface area contributed by atoms with Crippen molar-refractivity contribution in [2.45, 2.75) is 25.8 Å². The maximum atomic E-state index is 5.97. The molecule has 0 radical (unpaired) electrons. The summed E-state index contributed by atoms with van der Waals surface area (Å²) < 4.78 is 5.20. The second kappa shape index (κ2) is 6.21. The Balaban J connectivity index is 2.07. The van der Waals surface area contributed by atoms with Crippen LogP contribution in [0.2, 0.25) is 0 Å². The minimum atomic E-state index is 0.350. The van der Waals surface area contributed by atoms with E-state index in [9.17, 15) is 0 Å². The third-order valence-corrected chi connectivity index (χ3v) is 3.98. The van der Waals surface area contributed by atoms with Crippen molar-refractivity contribution in [2.24, 2.45) is 11.7 Å². The van der Waals surface area contributed by atoms with Crippen LogP contribution in [0.1, 0.15) is 31.4 Å². The summed E-state index contributed by atoms with van der Waals surface area (Å²) in [5.74, 6) is 1.76. The minimum absolute atomic E-state index is 0.350. The number of hydrogen-bond acceptors (Lipinski definition) is 3. The lowest BCUT2D eigenvalue weighted by atomic mass is 9.96. The first-order chi connectivity index (χ1) is 8.74. The Kier molecular flexibility index (Phi) is 4.61. The van der Waals surface area contributed by atoms with Gasteiger partial charge in [0.1, 0.15) is 5.75 Å². The largest absolute Gasteiger partial charge is 0.497 e. The highest BCUT2D eigenvalue weighted by Crippen LogP contribution is 2.27. The third-order valence-electron chi connectivity index (χ3n) is 3.98. The van der Waals surface area contributed by atoms with E-state index in [1.165, 1.54) is 18.4 Å². The lowest BCUT2D eigenvalue weighted by molar-refractivity contribution is 0.141. The van der Waals surface area contributed by atoms with Crippen molar-refractivity contribution in [3.05, 3.63) is 29.8 Å². The maximum absolute atomic E-state index is 5.97. The lowest BCUT2D eigenvalue weighted by Gasteiger charge is -2.36. The summed E-state index contributed by atoms with van der Waals surface area (Å²) in [6, 6.07) is 8.65. The van der Waals surface area contributed by atoms with Gasteiger partial charge in [0.15, 0.2) is 0 Å². The molecule has 3 heteroatoms. The van der Waals surface area contributed by atoms with Gasteiger partial charge >= 0.3 is 0 Å². The molecular formula is C15H24N2O. The van der Waals surface area contributed by atoms with Gasteiger partial charge < -0.3 is 10.5 Å². The van der Waals surface area contributed by atoms with E-state index in [-0.39, 0.29) is 0 Å². The summed E-state index contributed by atoms with van der Waals surface area (Å²) in [7, 11) is 1.70. The Morgan fingerprint density at radius 1 is 1.28 bits per heavy atom. The molecule has 0 aromatic heterocycles. The summed E-state index contributed by atoms with van der Waals surface area (Å²) in [6.07, 6.45) is 2.57. The number of nitrogens with zero attached hydrogens (tertiary/aromatic N) is 1. The number of nitrogens with two attached hydrogens (primary N) is 1. The van der Waals surface area contributed by atoms with Gasteiger partial charge in [-0.15, -0.1) is 0 Å². The molecular weight excluding hydrogens is 224 g/mol. The Morgan fingerprint density at radius 2 is 1.89 bits per heavy atom. The highest BCUT2D eigenvalue weighted by atomic mass is 16.5. The predicted octanol–water partition coefficient (Wildman–Crippen LogP) is 2.43. The second-order valence-corrected chi connectivity index (χ2v) is 5.24. The van der Waals surface area contributed by atoms with Crippen molar-refractivity contribution in [2.75, 3.05) is 26.7 Å². The molecule has 1 heterocycles. The summed E-state index contributed by atoms with van der Waals surface area (Å²) in [5.41, 5.74) is 7.27. The van der Waals surface area contributed by atoms with Gasteiger partial charge in [-0.2, -0.15) is 0 Å². The molecule has 100 valence electrons. The number of rotatable bonds is 4. The van der Waals surface area contributed by atoms with Gasteiger partial charge in [0.25, 0.3) is 0 Å². The highest BCUT2D eigenvalue weighted by molar-refractivity contribution is 5.29. The number of ether oxygens (including phenoxy) is 1. The normalized spacial score (nSPS) is 19.7. The van der Waals surface area contributed by atoms with Crippen LogP contribution in [0.4, 0.5) is 0 Å². The predicted molar refractivity (Wildman–Crippen MR) is 74.8 cm³/mol. The van der Waals surface area contributed by atoms with E-state index < -0.39 is 0 Å². The molecule has 1 aromatic carbocycles. The van der Waals surface area contributed by atoms with Crippen LogP contribution in [0.25, 0.3) is 0 Å². The van der Waals surface area contributed by atoms with Crippen molar-refractivity contribution < 1.29 is 4.74 Å². The van der Waals surface area contributed by atoms with Crippen LogP contribution in [-0.2, 0) is 0 Å². The lowest BCUT2D eigenvalue weighted by Crippen LogP contribution is -2.39. The number of hydrogen-bond donors (Lipinski definition) is 1. The Hall–Kier alpha value is -1.06. The van der Waals surface area contributed by atoms with Crippen molar-refractivity contribution in [1.82, 2.24) is 4.90 Å². The molecule has 1 fully saturated rings. The van der Waals surface area contributed by atoms with Gasteiger partial charge in [-0.1, -0.05) is 19.1 Å². The first-order valence-corrected chi connectivity index (χ1v) is 6.82. The summed E-state index contributed by atoms with van der Waals surface area (Å²) >= 11 is 0. The van der Waals surface area contributed by atoms with Crippen molar-refractivity contribution >= 4 is 0 Å². The van der Waals surface area contributed by atoms with Gasteiger partial charge in [0.2, 0.25) is 0 Å². The van der Waals surface area contributed by atoms with Crippen molar-refractivity contribution in [3.8, 4) is 5.75 Å². The van der Waals surface area contributed by atoms with E-state index in [1.807, 2.05) is 12.1 Å². The molecule has 2 rings (SSSR count). The average Bonchev–Trinajstić information content (AvgIpc) is 2.42. The molecule has 1 saturated heterocycles. The first kappa shape index (κ1) is 13.4. The van der Waals surface area contributed by atoms with Crippen LogP contribution in [-0.4, -0.2) is 31.6 Å². The molecule has 0 bridgehead atoms. The zero-order valence-corrected chi connectivity index (χ0v) is 11.4. The fourth-order valence-corrected chi connectivity index (χ4v) is 2.66. The maximum Gasteiger partial charge on any atom is 0.118 e. The molecule has 1 aliphatic heterocycles. The van der Waals surface area contributed by atoms with E-state index >= 15 is 0 Å². The standard InChI is InChI=1S/C15H24N2O/c1-12-7-9-17(10-8-12)15(11-16)13-3-5-14(18-2)6-4-13/h3-6,12,15H,7-11,16H2,1-2H3. The number of benzene rings is 1. The van der Waals surface area contributed by atoms with E-state index in [4.69, 9.17) is 10.5 Å². The summed E-state index contributed by atoms with van der Waals surface area (Å²) in [5, 5.41) is 0. The zero-order valence-electron chi connectivity index (χ0n) is 11.4. The number of piperidine rings is 1. The molecule has 0 spiro atoms. The average molecular weight is 248 g/mol. The number of methoxy groups -OCH3 is 1. The summed E-state index contributed by atoms with van der Waals surface area (Å²) in [4.78, 5) is 2.52.